The Balaban J connectivity index is 1.91. The van der Waals surface area contributed by atoms with Gasteiger partial charge in [-0.1, -0.05) is 0 Å². The molecule has 0 fully saturated rings. The summed E-state index contributed by atoms with van der Waals surface area (Å²) in [5.74, 6) is -0.206. The quantitative estimate of drug-likeness (QED) is 0.726. The number of fused-ring (bicyclic) bond motifs is 1. The molecule has 1 aliphatic heterocycles. The minimum atomic E-state index is -0.131. The minimum absolute atomic E-state index is 0.0755. The van der Waals surface area contributed by atoms with Crippen LogP contribution in [0.2, 0.25) is 0 Å². The molecule has 2 amide bonds. The van der Waals surface area contributed by atoms with Crippen LogP contribution in [0.4, 0.5) is 5.69 Å². The smallest absolute Gasteiger partial charge is 0.251 e. The van der Waals surface area contributed by atoms with Gasteiger partial charge < -0.3 is 16.0 Å². The normalized spacial score (nSPS) is 12.5. The molecule has 96 valence electrons. The van der Waals surface area contributed by atoms with E-state index in [0.717, 1.165) is 18.7 Å². The van der Waals surface area contributed by atoms with Gasteiger partial charge in [0.25, 0.3) is 5.91 Å². The summed E-state index contributed by atoms with van der Waals surface area (Å²) in [5, 5.41) is 8.50. The second-order valence-electron chi connectivity index (χ2n) is 4.23. The molecular formula is C13H17N3O2. The summed E-state index contributed by atoms with van der Waals surface area (Å²) in [5.41, 5.74) is 2.93. The predicted octanol–water partition coefficient (Wildman–Crippen LogP) is 0.520. The van der Waals surface area contributed by atoms with E-state index in [9.17, 15) is 9.59 Å². The van der Waals surface area contributed by atoms with Gasteiger partial charge in [-0.2, -0.15) is 0 Å². The lowest BCUT2D eigenvalue weighted by atomic mass is 10.1. The Bertz CT molecular complexity index is 471. The van der Waals surface area contributed by atoms with Crippen molar-refractivity contribution in [2.24, 2.45) is 0 Å². The second-order valence-corrected chi connectivity index (χ2v) is 4.23. The average molecular weight is 247 g/mol. The molecule has 0 unspecified atom stereocenters. The molecule has 5 heteroatoms. The van der Waals surface area contributed by atoms with E-state index in [1.165, 1.54) is 5.56 Å². The highest BCUT2D eigenvalue weighted by Gasteiger charge is 2.13. The molecule has 2 rings (SSSR count). The van der Waals surface area contributed by atoms with Gasteiger partial charge in [0.2, 0.25) is 5.91 Å². The first-order valence-corrected chi connectivity index (χ1v) is 6.06. The Morgan fingerprint density at radius 3 is 3.00 bits per heavy atom. The van der Waals surface area contributed by atoms with Gasteiger partial charge in [0.1, 0.15) is 0 Å². The monoisotopic (exact) mass is 247 g/mol. The average Bonchev–Trinajstić information content (AvgIpc) is 2.85. The maximum absolute atomic E-state index is 11.9. The van der Waals surface area contributed by atoms with E-state index in [1.54, 1.807) is 13.1 Å². The van der Waals surface area contributed by atoms with Crippen LogP contribution in [0.15, 0.2) is 18.2 Å². The zero-order valence-corrected chi connectivity index (χ0v) is 10.4. The largest absolute Gasteiger partial charge is 0.384 e. The third-order valence-electron chi connectivity index (χ3n) is 2.99. The van der Waals surface area contributed by atoms with Gasteiger partial charge in [0, 0.05) is 37.8 Å². The van der Waals surface area contributed by atoms with Crippen molar-refractivity contribution in [2.75, 3.05) is 25.5 Å². The highest BCUT2D eigenvalue weighted by atomic mass is 16.2. The Labute approximate surface area is 106 Å². The molecule has 3 N–H and O–H groups in total. The highest BCUT2D eigenvalue weighted by Crippen LogP contribution is 2.22. The number of carbonyl (C=O) groups is 2. The minimum Gasteiger partial charge on any atom is -0.384 e. The first-order valence-electron chi connectivity index (χ1n) is 6.06. The first-order chi connectivity index (χ1) is 8.70. The van der Waals surface area contributed by atoms with E-state index < -0.39 is 0 Å². The topological polar surface area (TPSA) is 70.2 Å². The van der Waals surface area contributed by atoms with Gasteiger partial charge in [0.15, 0.2) is 0 Å². The van der Waals surface area contributed by atoms with Crippen molar-refractivity contribution < 1.29 is 9.59 Å². The van der Waals surface area contributed by atoms with Gasteiger partial charge in [0.05, 0.1) is 0 Å². The van der Waals surface area contributed by atoms with Gasteiger partial charge in [-0.05, 0) is 30.2 Å². The van der Waals surface area contributed by atoms with Gasteiger partial charge in [-0.15, -0.1) is 0 Å². The van der Waals surface area contributed by atoms with E-state index >= 15 is 0 Å². The zero-order chi connectivity index (χ0) is 13.0. The number of rotatable bonds is 4. The number of anilines is 1. The van der Waals surface area contributed by atoms with Gasteiger partial charge in [-0.25, -0.2) is 0 Å². The molecule has 1 heterocycles. The number of hydrogen-bond acceptors (Lipinski definition) is 3. The van der Waals surface area contributed by atoms with Gasteiger partial charge in [-0.3, -0.25) is 9.59 Å². The standard InChI is InChI=1S/C13H17N3O2/c1-14-12(17)5-7-16-13(18)10-2-3-11-9(8-10)4-6-15-11/h2-3,8,15H,4-7H2,1H3,(H,14,17)(H,16,18). The number of hydrogen-bond donors (Lipinski definition) is 3. The fourth-order valence-corrected chi connectivity index (χ4v) is 1.96. The van der Waals surface area contributed by atoms with Crippen LogP contribution in [0.5, 0.6) is 0 Å². The lowest BCUT2D eigenvalue weighted by molar-refractivity contribution is -0.120. The molecule has 0 aromatic heterocycles. The Morgan fingerprint density at radius 2 is 2.22 bits per heavy atom. The number of amides is 2. The third kappa shape index (κ3) is 2.80. The van der Waals surface area contributed by atoms with Crippen molar-refractivity contribution >= 4 is 17.5 Å². The van der Waals surface area contributed by atoms with E-state index in [2.05, 4.69) is 16.0 Å². The third-order valence-corrected chi connectivity index (χ3v) is 2.99. The molecule has 1 aromatic carbocycles. The maximum atomic E-state index is 11.9. The molecule has 0 bridgehead atoms. The molecule has 0 saturated heterocycles. The van der Waals surface area contributed by atoms with Gasteiger partial charge >= 0.3 is 0 Å². The van der Waals surface area contributed by atoms with E-state index in [1.807, 2.05) is 12.1 Å². The summed E-state index contributed by atoms with van der Waals surface area (Å²) in [6.07, 6.45) is 1.25. The Morgan fingerprint density at radius 1 is 1.39 bits per heavy atom. The van der Waals surface area contributed by atoms with E-state index in [-0.39, 0.29) is 11.8 Å². The highest BCUT2D eigenvalue weighted by molar-refractivity contribution is 5.95. The van der Waals surface area contributed by atoms with E-state index in [4.69, 9.17) is 0 Å². The lowest BCUT2D eigenvalue weighted by Gasteiger charge is -2.06. The van der Waals surface area contributed by atoms with E-state index in [0.29, 0.717) is 18.5 Å². The maximum Gasteiger partial charge on any atom is 0.251 e. The molecule has 0 spiro atoms. The number of benzene rings is 1. The molecule has 0 radical (unpaired) electrons. The van der Waals surface area contributed by atoms with Crippen molar-refractivity contribution in [1.29, 1.82) is 0 Å². The first kappa shape index (κ1) is 12.4. The van der Waals surface area contributed by atoms with Crippen LogP contribution < -0.4 is 16.0 Å². The summed E-state index contributed by atoms with van der Waals surface area (Å²) in [6.45, 7) is 1.28. The van der Waals surface area contributed by atoms with Crippen molar-refractivity contribution in [1.82, 2.24) is 10.6 Å². The summed E-state index contributed by atoms with van der Waals surface area (Å²) in [6, 6.07) is 5.63. The molecule has 1 aromatic rings. The fourth-order valence-electron chi connectivity index (χ4n) is 1.96. The molecular weight excluding hydrogens is 230 g/mol. The summed E-state index contributed by atoms with van der Waals surface area (Å²) >= 11 is 0. The molecule has 18 heavy (non-hydrogen) atoms. The number of carbonyl (C=O) groups excluding carboxylic acids is 2. The molecule has 0 atom stereocenters. The van der Waals surface area contributed by atoms with Crippen molar-refractivity contribution in [3.8, 4) is 0 Å². The van der Waals surface area contributed by atoms with Crippen LogP contribution in [0.1, 0.15) is 22.3 Å². The van der Waals surface area contributed by atoms with Crippen LogP contribution in [-0.4, -0.2) is 32.0 Å². The van der Waals surface area contributed by atoms with Crippen LogP contribution in [0, 0.1) is 0 Å². The molecule has 0 saturated carbocycles. The summed E-state index contributed by atoms with van der Waals surface area (Å²) in [4.78, 5) is 22.9. The van der Waals surface area contributed by atoms with Crippen molar-refractivity contribution in [3.63, 3.8) is 0 Å². The molecule has 1 aliphatic rings. The fraction of sp³-hybridized carbons (Fsp3) is 0.385. The SMILES string of the molecule is CNC(=O)CCNC(=O)c1ccc2c(c1)CCN2. The molecule has 5 nitrogen and oxygen atoms in total. The Hall–Kier alpha value is -2.04. The van der Waals surface area contributed by atoms with Crippen molar-refractivity contribution in [3.05, 3.63) is 29.3 Å². The summed E-state index contributed by atoms with van der Waals surface area (Å²) in [7, 11) is 1.58. The van der Waals surface area contributed by atoms with Crippen LogP contribution >= 0.6 is 0 Å². The predicted molar refractivity (Wildman–Crippen MR) is 69.7 cm³/mol. The molecule has 0 aliphatic carbocycles. The Kier molecular flexibility index (Phi) is 3.82. The van der Waals surface area contributed by atoms with Crippen LogP contribution in [0.25, 0.3) is 0 Å². The van der Waals surface area contributed by atoms with Crippen LogP contribution in [0.3, 0.4) is 0 Å². The van der Waals surface area contributed by atoms with Crippen LogP contribution in [-0.2, 0) is 11.2 Å². The lowest BCUT2D eigenvalue weighted by Crippen LogP contribution is -2.29. The van der Waals surface area contributed by atoms with Crippen molar-refractivity contribution in [2.45, 2.75) is 12.8 Å². The zero-order valence-electron chi connectivity index (χ0n) is 10.4. The second kappa shape index (κ2) is 5.53. The summed E-state index contributed by atoms with van der Waals surface area (Å²) < 4.78 is 0. The number of nitrogens with one attached hydrogen (secondary N) is 3.